The van der Waals surface area contributed by atoms with Crippen molar-refractivity contribution in [2.45, 2.75) is 20.4 Å². The summed E-state index contributed by atoms with van der Waals surface area (Å²) in [6.07, 6.45) is 1.77. The fourth-order valence-electron chi connectivity index (χ4n) is 1.96. The third-order valence-corrected chi connectivity index (χ3v) is 4.25. The van der Waals surface area contributed by atoms with E-state index in [4.69, 9.17) is 0 Å². The molecule has 0 bridgehead atoms. The highest BCUT2D eigenvalue weighted by Crippen LogP contribution is 2.15. The molecule has 2 heterocycles. The number of anilines is 1. The lowest BCUT2D eigenvalue weighted by Crippen LogP contribution is -2.11. The molecule has 0 saturated carbocycles. The molecule has 3 rings (SSSR count). The fraction of sp³-hybridized carbons (Fsp3) is 0.200. The van der Waals surface area contributed by atoms with Crippen molar-refractivity contribution in [3.8, 4) is 0 Å². The van der Waals surface area contributed by atoms with Crippen molar-refractivity contribution in [1.82, 2.24) is 19.7 Å². The molecule has 6 nitrogen and oxygen atoms in total. The average Bonchev–Trinajstić information content (AvgIpc) is 3.11. The average molecular weight is 313 g/mol. The number of imidazole rings is 1. The molecule has 1 aromatic carbocycles. The van der Waals surface area contributed by atoms with Gasteiger partial charge >= 0.3 is 0 Å². The molecule has 112 valence electrons. The largest absolute Gasteiger partial charge is 0.328 e. The predicted molar refractivity (Wildman–Crippen MR) is 85.1 cm³/mol. The van der Waals surface area contributed by atoms with Gasteiger partial charge in [0.25, 0.3) is 5.91 Å². The Morgan fingerprint density at radius 1 is 1.23 bits per heavy atom. The van der Waals surface area contributed by atoms with Gasteiger partial charge in [-0.25, -0.2) is 4.98 Å². The monoisotopic (exact) mass is 313 g/mol. The van der Waals surface area contributed by atoms with Gasteiger partial charge in [0.05, 0.1) is 18.6 Å². The lowest BCUT2D eigenvalue weighted by Gasteiger charge is -2.01. The second-order valence-corrected chi connectivity index (χ2v) is 5.93. The number of nitrogens with zero attached hydrogens (tertiary/aromatic N) is 4. The second-order valence-electron chi connectivity index (χ2n) is 4.86. The van der Waals surface area contributed by atoms with Crippen LogP contribution in [0.25, 0.3) is 0 Å². The molecule has 3 aromatic rings. The number of rotatable bonds is 4. The topological polar surface area (TPSA) is 72.7 Å². The minimum Gasteiger partial charge on any atom is -0.328 e. The van der Waals surface area contributed by atoms with E-state index in [0.29, 0.717) is 11.6 Å². The first-order valence-corrected chi connectivity index (χ1v) is 7.62. The summed E-state index contributed by atoms with van der Waals surface area (Å²) in [6.45, 7) is 4.54. The van der Waals surface area contributed by atoms with Gasteiger partial charge in [-0.15, -0.1) is 10.2 Å². The van der Waals surface area contributed by atoms with E-state index in [1.54, 1.807) is 6.33 Å². The Balaban J connectivity index is 1.71. The predicted octanol–water partition coefficient (Wildman–Crippen LogP) is 2.65. The van der Waals surface area contributed by atoms with Gasteiger partial charge in [-0.2, -0.15) is 0 Å². The van der Waals surface area contributed by atoms with E-state index in [9.17, 15) is 4.79 Å². The summed E-state index contributed by atoms with van der Waals surface area (Å²) in [4.78, 5) is 16.4. The van der Waals surface area contributed by atoms with Crippen molar-refractivity contribution in [2.24, 2.45) is 0 Å². The normalized spacial score (nSPS) is 10.6. The number of aromatic nitrogens is 4. The summed E-state index contributed by atoms with van der Waals surface area (Å²) in [5.41, 5.74) is 2.82. The van der Waals surface area contributed by atoms with Crippen LogP contribution in [0.3, 0.4) is 0 Å². The van der Waals surface area contributed by atoms with Crippen molar-refractivity contribution in [3.63, 3.8) is 0 Å². The molecule has 0 aliphatic rings. The molecule has 0 unspecified atom stereocenters. The highest BCUT2D eigenvalue weighted by molar-refractivity contribution is 7.13. The van der Waals surface area contributed by atoms with Crippen LogP contribution in [0.4, 0.5) is 5.69 Å². The molecule has 0 fully saturated rings. The quantitative estimate of drug-likeness (QED) is 0.803. The summed E-state index contributed by atoms with van der Waals surface area (Å²) < 4.78 is 1.99. The number of carbonyl (C=O) groups is 1. The maximum atomic E-state index is 12.1. The Morgan fingerprint density at radius 3 is 2.68 bits per heavy atom. The summed E-state index contributed by atoms with van der Waals surface area (Å²) >= 11 is 1.29. The first-order valence-electron chi connectivity index (χ1n) is 6.80. The lowest BCUT2D eigenvalue weighted by molar-refractivity contribution is 0.102. The smallest absolute Gasteiger partial charge is 0.286 e. The molecule has 1 N–H and O–H groups in total. The molecule has 22 heavy (non-hydrogen) atoms. The molecule has 0 aliphatic heterocycles. The number of hydrogen-bond acceptors (Lipinski definition) is 5. The molecule has 2 aromatic heterocycles. The number of amides is 1. The van der Waals surface area contributed by atoms with Gasteiger partial charge in [0.15, 0.2) is 0 Å². The fourth-order valence-corrected chi connectivity index (χ4v) is 2.70. The van der Waals surface area contributed by atoms with Crippen LogP contribution in [-0.2, 0) is 6.54 Å². The van der Waals surface area contributed by atoms with Gasteiger partial charge in [-0.05, 0) is 26.0 Å². The molecule has 0 atom stereocenters. The van der Waals surface area contributed by atoms with Crippen molar-refractivity contribution in [3.05, 3.63) is 58.1 Å². The van der Waals surface area contributed by atoms with Crippen molar-refractivity contribution in [1.29, 1.82) is 0 Å². The van der Waals surface area contributed by atoms with Crippen LogP contribution < -0.4 is 5.32 Å². The van der Waals surface area contributed by atoms with E-state index >= 15 is 0 Å². The van der Waals surface area contributed by atoms with E-state index < -0.39 is 0 Å². The zero-order valence-corrected chi connectivity index (χ0v) is 13.1. The van der Waals surface area contributed by atoms with E-state index in [1.165, 1.54) is 11.3 Å². The lowest BCUT2D eigenvalue weighted by atomic mass is 10.3. The van der Waals surface area contributed by atoms with Crippen LogP contribution in [-0.4, -0.2) is 25.7 Å². The summed E-state index contributed by atoms with van der Waals surface area (Å²) in [5, 5.41) is 12.0. The van der Waals surface area contributed by atoms with Crippen molar-refractivity contribution < 1.29 is 4.79 Å². The number of nitrogens with one attached hydrogen (secondary N) is 1. The molecule has 0 aliphatic carbocycles. The van der Waals surface area contributed by atoms with Gasteiger partial charge in [0, 0.05) is 11.4 Å². The maximum Gasteiger partial charge on any atom is 0.286 e. The van der Waals surface area contributed by atoms with E-state index in [1.807, 2.05) is 48.7 Å². The van der Waals surface area contributed by atoms with E-state index in [2.05, 4.69) is 20.5 Å². The van der Waals surface area contributed by atoms with Crippen LogP contribution in [0.1, 0.15) is 26.2 Å². The molecular formula is C15H15N5OS. The molecule has 7 heteroatoms. The van der Waals surface area contributed by atoms with Crippen LogP contribution in [0, 0.1) is 13.8 Å². The third kappa shape index (κ3) is 3.04. The molecule has 0 saturated heterocycles. The number of benzene rings is 1. The molecule has 1 amide bonds. The SMILES string of the molecule is Cc1ncn(Cc2nnc(C(=O)Nc3ccccc3)s2)c1C. The first kappa shape index (κ1) is 14.4. The van der Waals surface area contributed by atoms with E-state index in [-0.39, 0.29) is 5.91 Å². The van der Waals surface area contributed by atoms with E-state index in [0.717, 1.165) is 22.1 Å². The summed E-state index contributed by atoms with van der Waals surface area (Å²) in [5.74, 6) is -0.242. The Kier molecular flexibility index (Phi) is 3.97. The van der Waals surface area contributed by atoms with Gasteiger partial charge in [-0.3, -0.25) is 4.79 Å². The van der Waals surface area contributed by atoms with Gasteiger partial charge in [0.1, 0.15) is 5.01 Å². The number of para-hydroxylation sites is 1. The first-order chi connectivity index (χ1) is 10.6. The Labute approximate surface area is 131 Å². The standard InChI is InChI=1S/C15H15N5OS/c1-10-11(2)20(9-16-10)8-13-18-19-15(22-13)14(21)17-12-6-4-3-5-7-12/h3-7,9H,8H2,1-2H3,(H,17,21). The van der Waals surface area contributed by atoms with Crippen molar-refractivity contribution >= 4 is 22.9 Å². The van der Waals surface area contributed by atoms with Crippen LogP contribution in [0.15, 0.2) is 36.7 Å². The zero-order valence-electron chi connectivity index (χ0n) is 12.3. The zero-order chi connectivity index (χ0) is 15.5. The van der Waals surface area contributed by atoms with Crippen LogP contribution in [0.5, 0.6) is 0 Å². The van der Waals surface area contributed by atoms with Gasteiger partial charge in [0.2, 0.25) is 5.01 Å². The maximum absolute atomic E-state index is 12.1. The summed E-state index contributed by atoms with van der Waals surface area (Å²) in [7, 11) is 0. The van der Waals surface area contributed by atoms with Crippen LogP contribution in [0.2, 0.25) is 0 Å². The minimum absolute atomic E-state index is 0.242. The minimum atomic E-state index is -0.242. The number of hydrogen-bond donors (Lipinski definition) is 1. The molecule has 0 spiro atoms. The van der Waals surface area contributed by atoms with Gasteiger partial charge < -0.3 is 9.88 Å². The number of aryl methyl sites for hydroxylation is 1. The molecular weight excluding hydrogens is 298 g/mol. The van der Waals surface area contributed by atoms with Gasteiger partial charge in [-0.1, -0.05) is 29.5 Å². The second kappa shape index (κ2) is 6.07. The Hall–Kier alpha value is -2.54. The Morgan fingerprint density at radius 2 is 2.00 bits per heavy atom. The summed E-state index contributed by atoms with van der Waals surface area (Å²) in [6, 6.07) is 9.29. The third-order valence-electron chi connectivity index (χ3n) is 3.34. The van der Waals surface area contributed by atoms with Crippen LogP contribution >= 0.6 is 11.3 Å². The highest BCUT2D eigenvalue weighted by atomic mass is 32.1. The highest BCUT2D eigenvalue weighted by Gasteiger charge is 2.14. The van der Waals surface area contributed by atoms with Crippen molar-refractivity contribution in [2.75, 3.05) is 5.32 Å². The molecule has 0 radical (unpaired) electrons. The Bertz CT molecular complexity index is 793. The number of carbonyl (C=O) groups excluding carboxylic acids is 1.